The topological polar surface area (TPSA) is 63.2 Å². The summed E-state index contributed by atoms with van der Waals surface area (Å²) in [6.45, 7) is 9.34. The van der Waals surface area contributed by atoms with Gasteiger partial charge in [-0.15, -0.1) is 0 Å². The molecule has 6 heteroatoms. The second-order valence-electron chi connectivity index (χ2n) is 5.49. The van der Waals surface area contributed by atoms with E-state index in [4.69, 9.17) is 23.7 Å². The number of carbonyl (C=O) groups excluding carboxylic acids is 1. The van der Waals surface area contributed by atoms with Gasteiger partial charge in [-0.05, 0) is 5.41 Å². The van der Waals surface area contributed by atoms with Gasteiger partial charge in [-0.25, -0.2) is 4.79 Å². The van der Waals surface area contributed by atoms with Crippen molar-refractivity contribution in [2.45, 2.75) is 20.8 Å². The van der Waals surface area contributed by atoms with Gasteiger partial charge in [0.1, 0.15) is 13.2 Å². The summed E-state index contributed by atoms with van der Waals surface area (Å²) >= 11 is 0. The highest BCUT2D eigenvalue weighted by Gasteiger charge is 2.11. The first-order valence-electron chi connectivity index (χ1n) is 6.83. The van der Waals surface area contributed by atoms with Gasteiger partial charge in [-0.1, -0.05) is 20.8 Å². The lowest BCUT2D eigenvalue weighted by molar-refractivity contribution is -0.151. The van der Waals surface area contributed by atoms with Crippen LogP contribution in [-0.4, -0.2) is 65.9 Å². The summed E-state index contributed by atoms with van der Waals surface area (Å²) in [6.07, 6.45) is 0. The number of esters is 1. The number of methoxy groups -OCH3 is 1. The minimum Gasteiger partial charge on any atom is -0.462 e. The lowest BCUT2D eigenvalue weighted by atomic mass is 9.99. The van der Waals surface area contributed by atoms with Crippen LogP contribution < -0.4 is 0 Å². The van der Waals surface area contributed by atoms with Gasteiger partial charge in [0.05, 0.1) is 39.6 Å². The van der Waals surface area contributed by atoms with Gasteiger partial charge in [-0.3, -0.25) is 0 Å². The van der Waals surface area contributed by atoms with Gasteiger partial charge in [0.15, 0.2) is 0 Å². The molecule has 0 saturated carbocycles. The highest BCUT2D eigenvalue weighted by atomic mass is 16.6. The van der Waals surface area contributed by atoms with Crippen LogP contribution in [0.2, 0.25) is 0 Å². The predicted octanol–water partition coefficient (Wildman–Crippen LogP) is 1.27. The first-order chi connectivity index (χ1) is 9.45. The number of hydrogen-bond donors (Lipinski definition) is 0. The maximum Gasteiger partial charge on any atom is 0.332 e. The van der Waals surface area contributed by atoms with Crippen molar-refractivity contribution < 1.29 is 28.5 Å². The normalized spacial score (nSPS) is 11.6. The summed E-state index contributed by atoms with van der Waals surface area (Å²) in [5.74, 6) is -0.366. The number of ether oxygens (including phenoxy) is 5. The molecular weight excluding hydrogens is 264 g/mol. The van der Waals surface area contributed by atoms with Crippen molar-refractivity contribution in [3.8, 4) is 0 Å². The Kier molecular flexibility index (Phi) is 11.7. The number of carbonyl (C=O) groups is 1. The Morgan fingerprint density at radius 3 is 1.95 bits per heavy atom. The maximum atomic E-state index is 11.3. The first-order valence-corrected chi connectivity index (χ1v) is 6.83. The number of hydrogen-bond acceptors (Lipinski definition) is 6. The lowest BCUT2D eigenvalue weighted by Gasteiger charge is -2.17. The fourth-order valence-electron chi connectivity index (χ4n) is 1.16. The Morgan fingerprint density at radius 1 is 0.850 bits per heavy atom. The molecule has 0 aromatic heterocycles. The molecule has 0 rings (SSSR count). The summed E-state index contributed by atoms with van der Waals surface area (Å²) in [7, 11) is 1.62. The minimum absolute atomic E-state index is 0.0165. The third-order valence-corrected chi connectivity index (χ3v) is 2.05. The van der Waals surface area contributed by atoms with E-state index in [-0.39, 0.29) is 24.6 Å². The maximum absolute atomic E-state index is 11.3. The van der Waals surface area contributed by atoms with Crippen molar-refractivity contribution in [3.05, 3.63) is 0 Å². The van der Waals surface area contributed by atoms with Gasteiger partial charge in [0.25, 0.3) is 0 Å². The molecule has 0 aliphatic carbocycles. The Bertz CT molecular complexity index is 236. The molecule has 0 radical (unpaired) electrons. The Hall–Kier alpha value is -0.690. The van der Waals surface area contributed by atoms with E-state index >= 15 is 0 Å². The summed E-state index contributed by atoms with van der Waals surface area (Å²) < 4.78 is 25.5. The zero-order chi connectivity index (χ0) is 15.3. The molecule has 0 amide bonds. The van der Waals surface area contributed by atoms with Crippen LogP contribution in [0.25, 0.3) is 0 Å². The highest BCUT2D eigenvalue weighted by molar-refractivity contribution is 5.70. The Balaban J connectivity index is 3.23. The summed E-state index contributed by atoms with van der Waals surface area (Å²) in [4.78, 5) is 11.3. The SMILES string of the molecule is COCCOCCOCCOC(=O)COCC(C)(C)C. The third-order valence-electron chi connectivity index (χ3n) is 2.05. The minimum atomic E-state index is -0.366. The van der Waals surface area contributed by atoms with E-state index in [1.807, 2.05) is 20.8 Å². The molecule has 0 unspecified atom stereocenters. The average Bonchev–Trinajstić information content (AvgIpc) is 2.35. The molecule has 0 bridgehead atoms. The van der Waals surface area contributed by atoms with Crippen LogP contribution in [0.15, 0.2) is 0 Å². The molecular formula is C14H28O6. The van der Waals surface area contributed by atoms with Gasteiger partial charge in [-0.2, -0.15) is 0 Å². The van der Waals surface area contributed by atoms with Crippen LogP contribution >= 0.6 is 0 Å². The molecule has 20 heavy (non-hydrogen) atoms. The van der Waals surface area contributed by atoms with E-state index < -0.39 is 0 Å². The van der Waals surface area contributed by atoms with Crippen LogP contribution in [-0.2, 0) is 28.5 Å². The van der Waals surface area contributed by atoms with E-state index in [0.29, 0.717) is 39.6 Å². The quantitative estimate of drug-likeness (QED) is 0.399. The summed E-state index contributed by atoms with van der Waals surface area (Å²) in [5.41, 5.74) is 0.0478. The molecule has 0 aliphatic heterocycles. The Labute approximate surface area is 121 Å². The van der Waals surface area contributed by atoms with Crippen molar-refractivity contribution in [2.75, 3.05) is 60.0 Å². The summed E-state index contributed by atoms with van der Waals surface area (Å²) in [6, 6.07) is 0. The molecule has 0 atom stereocenters. The lowest BCUT2D eigenvalue weighted by Crippen LogP contribution is -2.21. The average molecular weight is 292 g/mol. The van der Waals surface area contributed by atoms with E-state index in [1.54, 1.807) is 7.11 Å². The van der Waals surface area contributed by atoms with Crippen LogP contribution in [0.1, 0.15) is 20.8 Å². The van der Waals surface area contributed by atoms with Crippen molar-refractivity contribution in [3.63, 3.8) is 0 Å². The molecule has 0 aromatic carbocycles. The van der Waals surface area contributed by atoms with Gasteiger partial charge in [0, 0.05) is 7.11 Å². The van der Waals surface area contributed by atoms with Crippen molar-refractivity contribution in [1.29, 1.82) is 0 Å². The third kappa shape index (κ3) is 15.4. The van der Waals surface area contributed by atoms with E-state index in [1.165, 1.54) is 0 Å². The highest BCUT2D eigenvalue weighted by Crippen LogP contribution is 2.12. The molecule has 0 aromatic rings. The molecule has 0 fully saturated rings. The van der Waals surface area contributed by atoms with Gasteiger partial charge >= 0.3 is 5.97 Å². The molecule has 0 saturated heterocycles. The number of rotatable bonds is 12. The second-order valence-corrected chi connectivity index (χ2v) is 5.49. The van der Waals surface area contributed by atoms with Crippen molar-refractivity contribution in [2.24, 2.45) is 5.41 Å². The Morgan fingerprint density at radius 2 is 1.40 bits per heavy atom. The molecule has 0 spiro atoms. The monoisotopic (exact) mass is 292 g/mol. The molecule has 0 N–H and O–H groups in total. The predicted molar refractivity (Wildman–Crippen MR) is 74.7 cm³/mol. The van der Waals surface area contributed by atoms with Crippen LogP contribution in [0.5, 0.6) is 0 Å². The zero-order valence-electron chi connectivity index (χ0n) is 13.1. The smallest absolute Gasteiger partial charge is 0.332 e. The zero-order valence-corrected chi connectivity index (χ0v) is 13.1. The van der Waals surface area contributed by atoms with Crippen LogP contribution in [0.4, 0.5) is 0 Å². The summed E-state index contributed by atoms with van der Waals surface area (Å²) in [5, 5.41) is 0. The fraction of sp³-hybridized carbons (Fsp3) is 0.929. The van der Waals surface area contributed by atoms with Crippen molar-refractivity contribution >= 4 is 5.97 Å². The molecule has 0 heterocycles. The standard InChI is InChI=1S/C14H28O6/c1-14(2,3)12-19-11-13(15)20-10-9-18-8-7-17-6-5-16-4/h5-12H2,1-4H3. The molecule has 120 valence electrons. The first kappa shape index (κ1) is 19.3. The van der Waals surface area contributed by atoms with E-state index in [0.717, 1.165) is 0 Å². The van der Waals surface area contributed by atoms with Crippen LogP contribution in [0, 0.1) is 5.41 Å². The molecule has 6 nitrogen and oxygen atoms in total. The van der Waals surface area contributed by atoms with Crippen LogP contribution in [0.3, 0.4) is 0 Å². The largest absolute Gasteiger partial charge is 0.462 e. The van der Waals surface area contributed by atoms with Gasteiger partial charge in [0.2, 0.25) is 0 Å². The molecule has 0 aliphatic rings. The van der Waals surface area contributed by atoms with Crippen molar-refractivity contribution in [1.82, 2.24) is 0 Å². The van der Waals surface area contributed by atoms with Gasteiger partial charge < -0.3 is 23.7 Å². The van der Waals surface area contributed by atoms with E-state index in [2.05, 4.69) is 0 Å². The second kappa shape index (κ2) is 12.1. The van der Waals surface area contributed by atoms with E-state index in [9.17, 15) is 4.79 Å². The fourth-order valence-corrected chi connectivity index (χ4v) is 1.16.